The van der Waals surface area contributed by atoms with Gasteiger partial charge in [-0.05, 0) is 24.1 Å². The van der Waals surface area contributed by atoms with Crippen molar-refractivity contribution in [2.75, 3.05) is 0 Å². The summed E-state index contributed by atoms with van der Waals surface area (Å²) in [5.74, 6) is 0.454. The van der Waals surface area contributed by atoms with E-state index in [1.54, 1.807) is 0 Å². The molecule has 2 aromatic heterocycles. The van der Waals surface area contributed by atoms with Crippen molar-refractivity contribution >= 4 is 17.2 Å². The molecule has 0 unspecified atom stereocenters. The lowest BCUT2D eigenvalue weighted by Crippen LogP contribution is -1.99. The van der Waals surface area contributed by atoms with E-state index in [-0.39, 0.29) is 0 Å². The average molecular weight is 195 g/mol. The normalized spacial score (nSPS) is 11.4. The van der Waals surface area contributed by atoms with Crippen LogP contribution in [-0.4, -0.2) is 9.38 Å². The Hall–Kier alpha value is -1.02. The van der Waals surface area contributed by atoms with E-state index in [4.69, 9.17) is 11.6 Å². The summed E-state index contributed by atoms with van der Waals surface area (Å²) in [6.45, 7) is 4.29. The predicted octanol–water partition coefficient (Wildman–Crippen LogP) is 3.11. The number of hydrogen-bond acceptors (Lipinski definition) is 1. The van der Waals surface area contributed by atoms with Gasteiger partial charge in [-0.25, -0.2) is 4.98 Å². The van der Waals surface area contributed by atoms with Gasteiger partial charge in [0, 0.05) is 11.9 Å². The molecule has 0 saturated heterocycles. The Morgan fingerprint density at radius 3 is 2.77 bits per heavy atom. The monoisotopic (exact) mass is 194 g/mol. The molecule has 0 atom stereocenters. The van der Waals surface area contributed by atoms with Crippen molar-refractivity contribution in [1.82, 2.24) is 9.38 Å². The Morgan fingerprint density at radius 1 is 1.31 bits per heavy atom. The highest BCUT2D eigenvalue weighted by atomic mass is 35.5. The molecule has 0 saturated carbocycles. The molecule has 0 aliphatic rings. The van der Waals surface area contributed by atoms with Crippen molar-refractivity contribution in [2.45, 2.75) is 19.8 Å². The van der Waals surface area contributed by atoms with E-state index in [9.17, 15) is 0 Å². The number of aromatic nitrogens is 2. The molecule has 0 aromatic carbocycles. The van der Waals surface area contributed by atoms with E-state index in [1.165, 1.54) is 5.69 Å². The van der Waals surface area contributed by atoms with Crippen LogP contribution >= 0.6 is 11.6 Å². The Labute approximate surface area is 82.2 Å². The van der Waals surface area contributed by atoms with Crippen molar-refractivity contribution < 1.29 is 0 Å². The third-order valence-corrected chi connectivity index (χ3v) is 2.41. The van der Waals surface area contributed by atoms with Gasteiger partial charge in [-0.1, -0.05) is 25.4 Å². The first-order valence-corrected chi connectivity index (χ1v) is 4.70. The number of nitrogens with zero attached hydrogens (tertiary/aromatic N) is 2. The summed E-state index contributed by atoms with van der Waals surface area (Å²) in [6, 6.07) is 5.80. The summed E-state index contributed by atoms with van der Waals surface area (Å²) < 4.78 is 1.98. The molecule has 0 N–H and O–H groups in total. The molecule has 0 fully saturated rings. The van der Waals surface area contributed by atoms with Crippen LogP contribution in [0.1, 0.15) is 25.5 Å². The topological polar surface area (TPSA) is 17.3 Å². The average Bonchev–Trinajstić information content (AvgIpc) is 2.48. The summed E-state index contributed by atoms with van der Waals surface area (Å²) in [5.41, 5.74) is 2.11. The second-order valence-electron chi connectivity index (χ2n) is 3.37. The van der Waals surface area contributed by atoms with Gasteiger partial charge in [0.05, 0.1) is 0 Å². The highest BCUT2D eigenvalue weighted by Gasteiger charge is 2.07. The molecule has 0 amide bonds. The van der Waals surface area contributed by atoms with Gasteiger partial charge in [0.2, 0.25) is 0 Å². The molecule has 2 heterocycles. The predicted molar refractivity (Wildman–Crippen MR) is 54.3 cm³/mol. The van der Waals surface area contributed by atoms with Crippen LogP contribution in [0.2, 0.25) is 5.15 Å². The summed E-state index contributed by atoms with van der Waals surface area (Å²) >= 11 is 6.04. The summed E-state index contributed by atoms with van der Waals surface area (Å²) in [5, 5.41) is 0.729. The zero-order valence-electron chi connectivity index (χ0n) is 7.66. The third kappa shape index (κ3) is 1.31. The number of hydrogen-bond donors (Lipinski definition) is 0. The van der Waals surface area contributed by atoms with Crippen molar-refractivity contribution in [3.05, 3.63) is 35.2 Å². The number of halogens is 1. The van der Waals surface area contributed by atoms with Gasteiger partial charge in [-0.2, -0.15) is 0 Å². The zero-order valence-corrected chi connectivity index (χ0v) is 8.42. The Bertz CT molecular complexity index is 431. The van der Waals surface area contributed by atoms with Crippen LogP contribution in [0, 0.1) is 0 Å². The number of rotatable bonds is 1. The molecule has 68 valence electrons. The lowest BCUT2D eigenvalue weighted by atomic mass is 10.1. The van der Waals surface area contributed by atoms with Gasteiger partial charge in [-0.15, -0.1) is 0 Å². The molecule has 2 nitrogen and oxygen atoms in total. The first-order chi connectivity index (χ1) is 6.20. The molecule has 0 radical (unpaired) electrons. The summed E-state index contributed by atoms with van der Waals surface area (Å²) in [6.07, 6.45) is 1.82. The summed E-state index contributed by atoms with van der Waals surface area (Å²) in [7, 11) is 0. The molecule has 2 aromatic rings. The first kappa shape index (κ1) is 8.57. The minimum atomic E-state index is 0.454. The van der Waals surface area contributed by atoms with Crippen LogP contribution in [0.4, 0.5) is 0 Å². The molecule has 3 heteroatoms. The van der Waals surface area contributed by atoms with E-state index in [1.807, 2.05) is 28.8 Å². The van der Waals surface area contributed by atoms with Gasteiger partial charge in [-0.3, -0.25) is 4.40 Å². The van der Waals surface area contributed by atoms with Crippen molar-refractivity contribution in [3.8, 4) is 0 Å². The minimum absolute atomic E-state index is 0.454. The molecule has 0 spiro atoms. The molecular weight excluding hydrogens is 184 g/mol. The van der Waals surface area contributed by atoms with Crippen LogP contribution in [0.25, 0.3) is 5.65 Å². The van der Waals surface area contributed by atoms with Gasteiger partial charge in [0.25, 0.3) is 0 Å². The third-order valence-electron chi connectivity index (χ3n) is 2.11. The Kier molecular flexibility index (Phi) is 2.00. The van der Waals surface area contributed by atoms with Crippen LogP contribution in [-0.2, 0) is 0 Å². The van der Waals surface area contributed by atoms with E-state index in [0.29, 0.717) is 5.92 Å². The van der Waals surface area contributed by atoms with E-state index in [0.717, 1.165) is 10.8 Å². The SMILES string of the molecule is CC(C)c1ccnc2ccc(Cl)n12. The molecule has 0 aliphatic carbocycles. The lowest BCUT2D eigenvalue weighted by Gasteiger charge is -2.09. The van der Waals surface area contributed by atoms with E-state index in [2.05, 4.69) is 18.8 Å². The highest BCUT2D eigenvalue weighted by molar-refractivity contribution is 6.30. The largest absolute Gasteiger partial charge is 0.288 e. The number of fused-ring (bicyclic) bond motifs is 1. The second kappa shape index (κ2) is 3.04. The fraction of sp³-hybridized carbons (Fsp3) is 0.300. The fourth-order valence-corrected chi connectivity index (χ4v) is 1.72. The molecular formula is C10H11ClN2. The summed E-state index contributed by atoms with van der Waals surface area (Å²) in [4.78, 5) is 4.22. The van der Waals surface area contributed by atoms with Crippen LogP contribution < -0.4 is 0 Å². The maximum Gasteiger partial charge on any atom is 0.138 e. The van der Waals surface area contributed by atoms with Gasteiger partial charge in [0.1, 0.15) is 10.8 Å². The molecule has 13 heavy (non-hydrogen) atoms. The Morgan fingerprint density at radius 2 is 2.08 bits per heavy atom. The van der Waals surface area contributed by atoms with Gasteiger partial charge >= 0.3 is 0 Å². The molecule has 0 aliphatic heterocycles. The molecule has 2 rings (SSSR count). The zero-order chi connectivity index (χ0) is 9.42. The maximum atomic E-state index is 6.04. The van der Waals surface area contributed by atoms with Crippen molar-refractivity contribution in [1.29, 1.82) is 0 Å². The van der Waals surface area contributed by atoms with Gasteiger partial charge < -0.3 is 0 Å². The smallest absolute Gasteiger partial charge is 0.138 e. The van der Waals surface area contributed by atoms with E-state index < -0.39 is 0 Å². The van der Waals surface area contributed by atoms with Crippen molar-refractivity contribution in [3.63, 3.8) is 0 Å². The highest BCUT2D eigenvalue weighted by Crippen LogP contribution is 2.21. The van der Waals surface area contributed by atoms with E-state index >= 15 is 0 Å². The quantitative estimate of drug-likeness (QED) is 0.682. The first-order valence-electron chi connectivity index (χ1n) is 4.32. The Balaban J connectivity index is 2.80. The van der Waals surface area contributed by atoms with Gasteiger partial charge in [0.15, 0.2) is 0 Å². The van der Waals surface area contributed by atoms with Crippen LogP contribution in [0.5, 0.6) is 0 Å². The van der Waals surface area contributed by atoms with Crippen molar-refractivity contribution in [2.24, 2.45) is 0 Å². The maximum absolute atomic E-state index is 6.04. The molecule has 0 bridgehead atoms. The fourth-order valence-electron chi connectivity index (χ4n) is 1.47. The van der Waals surface area contributed by atoms with Crippen LogP contribution in [0.15, 0.2) is 24.4 Å². The standard InChI is InChI=1S/C10H11ClN2/c1-7(2)8-5-6-12-10-4-3-9(11)13(8)10/h3-7H,1-2H3. The second-order valence-corrected chi connectivity index (χ2v) is 3.76. The minimum Gasteiger partial charge on any atom is -0.288 e. The van der Waals surface area contributed by atoms with Crippen LogP contribution in [0.3, 0.4) is 0 Å². The lowest BCUT2D eigenvalue weighted by molar-refractivity contribution is 0.796.